The van der Waals surface area contributed by atoms with Crippen LogP contribution in [-0.4, -0.2) is 34.7 Å². The van der Waals surface area contributed by atoms with Crippen LogP contribution in [0.3, 0.4) is 0 Å². The zero-order valence-electron chi connectivity index (χ0n) is 18.1. The molecule has 33 heavy (non-hydrogen) atoms. The Bertz CT molecular complexity index is 1210. The highest BCUT2D eigenvalue weighted by atomic mass is 35.5. The molecule has 0 fully saturated rings. The van der Waals surface area contributed by atoms with Gasteiger partial charge in [-0.2, -0.15) is 0 Å². The van der Waals surface area contributed by atoms with Gasteiger partial charge in [-0.25, -0.2) is 4.39 Å². The lowest BCUT2D eigenvalue weighted by Gasteiger charge is -2.17. The van der Waals surface area contributed by atoms with E-state index in [0.29, 0.717) is 39.5 Å². The summed E-state index contributed by atoms with van der Waals surface area (Å²) in [7, 11) is 3.14. The number of benzene rings is 3. The van der Waals surface area contributed by atoms with E-state index < -0.39 is 5.82 Å². The molecular formula is C24H22ClFN4O2S. The van der Waals surface area contributed by atoms with Crippen molar-refractivity contribution in [3.8, 4) is 28.6 Å². The molecule has 1 N–H and O–H groups in total. The minimum atomic E-state index is -0.401. The lowest BCUT2D eigenvalue weighted by atomic mass is 10.2. The van der Waals surface area contributed by atoms with Gasteiger partial charge in [0.15, 0.2) is 5.82 Å². The van der Waals surface area contributed by atoms with Gasteiger partial charge in [0.1, 0.15) is 23.0 Å². The first kappa shape index (κ1) is 22.9. The van der Waals surface area contributed by atoms with Crippen LogP contribution in [0, 0.1) is 5.82 Å². The van der Waals surface area contributed by atoms with Crippen LogP contribution in [0.5, 0.6) is 11.5 Å². The van der Waals surface area contributed by atoms with Crippen LogP contribution in [0.4, 0.5) is 10.3 Å². The number of ether oxygens (including phenoxy) is 2. The van der Waals surface area contributed by atoms with E-state index in [9.17, 15) is 4.39 Å². The summed E-state index contributed by atoms with van der Waals surface area (Å²) in [6, 6.07) is 19.6. The third-order valence-corrected chi connectivity index (χ3v) is 5.96. The monoisotopic (exact) mass is 484 g/mol. The third-order valence-electron chi connectivity index (χ3n) is 4.97. The standard InChI is InChI=1S/C24H22ClFN4O2S/c1-31-20-8-5-9-21(32-2)22(20)30-23(18-6-3-4-7-19(18)26)27-28-24(30)29-33-15-14-16-10-12-17(25)13-11-16/h3-13H,14-15H2,1-2H3,(H,28,29). The van der Waals surface area contributed by atoms with E-state index in [-0.39, 0.29) is 0 Å². The fraction of sp³-hybridized carbons (Fsp3) is 0.167. The van der Waals surface area contributed by atoms with Gasteiger partial charge in [-0.1, -0.05) is 41.9 Å². The Morgan fingerprint density at radius 2 is 1.64 bits per heavy atom. The number of hydrogen-bond donors (Lipinski definition) is 1. The Hall–Kier alpha value is -3.23. The van der Waals surface area contributed by atoms with Crippen molar-refractivity contribution in [2.24, 2.45) is 0 Å². The first-order chi connectivity index (χ1) is 16.1. The molecule has 6 nitrogen and oxygen atoms in total. The number of hydrogen-bond acceptors (Lipinski definition) is 6. The number of aromatic nitrogens is 3. The van der Waals surface area contributed by atoms with Gasteiger partial charge in [-0.05, 0) is 60.3 Å². The highest BCUT2D eigenvalue weighted by Gasteiger charge is 2.23. The Kier molecular flexibility index (Phi) is 7.36. The van der Waals surface area contributed by atoms with Gasteiger partial charge < -0.3 is 9.47 Å². The van der Waals surface area contributed by atoms with E-state index >= 15 is 0 Å². The molecule has 0 saturated heterocycles. The van der Waals surface area contributed by atoms with Crippen LogP contribution in [0.25, 0.3) is 17.1 Å². The van der Waals surface area contributed by atoms with E-state index in [1.54, 1.807) is 49.1 Å². The number of anilines is 1. The maximum absolute atomic E-state index is 14.7. The molecule has 170 valence electrons. The average molecular weight is 485 g/mol. The number of aryl methyl sites for hydroxylation is 1. The quantitative estimate of drug-likeness (QED) is 0.230. The summed E-state index contributed by atoms with van der Waals surface area (Å²) in [6.07, 6.45) is 0.834. The van der Waals surface area contributed by atoms with Gasteiger partial charge in [-0.3, -0.25) is 9.29 Å². The van der Waals surface area contributed by atoms with Crippen LogP contribution < -0.4 is 14.2 Å². The van der Waals surface area contributed by atoms with Gasteiger partial charge in [-0.15, -0.1) is 10.2 Å². The number of nitrogens with zero attached hydrogens (tertiary/aromatic N) is 3. The number of para-hydroxylation sites is 1. The molecule has 0 aliphatic rings. The Labute approximate surface area is 200 Å². The van der Waals surface area contributed by atoms with Crippen LogP contribution in [0.1, 0.15) is 5.56 Å². The molecule has 0 aliphatic heterocycles. The molecule has 0 amide bonds. The summed E-state index contributed by atoms with van der Waals surface area (Å²) in [4.78, 5) is 0. The van der Waals surface area contributed by atoms with Gasteiger partial charge >= 0.3 is 0 Å². The van der Waals surface area contributed by atoms with Gasteiger partial charge in [0, 0.05) is 10.8 Å². The minimum absolute atomic E-state index is 0.317. The number of methoxy groups -OCH3 is 2. The lowest BCUT2D eigenvalue weighted by Crippen LogP contribution is -2.07. The maximum Gasteiger partial charge on any atom is 0.239 e. The molecule has 9 heteroatoms. The maximum atomic E-state index is 14.7. The van der Waals surface area contributed by atoms with E-state index in [0.717, 1.165) is 12.2 Å². The first-order valence-corrected chi connectivity index (χ1v) is 11.5. The van der Waals surface area contributed by atoms with Gasteiger partial charge in [0.05, 0.1) is 19.8 Å². The van der Waals surface area contributed by atoms with E-state index in [1.165, 1.54) is 23.6 Å². The lowest BCUT2D eigenvalue weighted by molar-refractivity contribution is 0.391. The van der Waals surface area contributed by atoms with Crippen LogP contribution in [0.2, 0.25) is 5.02 Å². The number of rotatable bonds is 9. The van der Waals surface area contributed by atoms with Crippen LogP contribution in [-0.2, 0) is 6.42 Å². The molecule has 1 aromatic heterocycles. The predicted octanol–water partition coefficient (Wildman–Crippen LogP) is 6.05. The van der Waals surface area contributed by atoms with Crippen molar-refractivity contribution >= 4 is 29.5 Å². The van der Waals surface area contributed by atoms with Crippen molar-refractivity contribution in [2.45, 2.75) is 6.42 Å². The number of halogens is 2. The molecule has 1 heterocycles. The van der Waals surface area contributed by atoms with E-state index in [4.69, 9.17) is 21.1 Å². The highest BCUT2D eigenvalue weighted by molar-refractivity contribution is 8.00. The van der Waals surface area contributed by atoms with Crippen molar-refractivity contribution in [3.05, 3.63) is 83.1 Å². The Morgan fingerprint density at radius 1 is 0.939 bits per heavy atom. The summed E-state index contributed by atoms with van der Waals surface area (Å²) < 4.78 is 30.8. The SMILES string of the molecule is COc1cccc(OC)c1-n1c(NSCCc2ccc(Cl)cc2)nnc1-c1ccccc1F. The minimum Gasteiger partial charge on any atom is -0.494 e. The molecule has 3 aromatic carbocycles. The smallest absolute Gasteiger partial charge is 0.239 e. The summed E-state index contributed by atoms with van der Waals surface area (Å²) in [6.45, 7) is 0. The fourth-order valence-electron chi connectivity index (χ4n) is 3.37. The first-order valence-electron chi connectivity index (χ1n) is 10.2. The average Bonchev–Trinajstić information content (AvgIpc) is 3.25. The Balaban J connectivity index is 1.68. The molecule has 0 atom stereocenters. The molecular weight excluding hydrogens is 463 g/mol. The molecule has 0 bridgehead atoms. The second-order valence-electron chi connectivity index (χ2n) is 7.00. The summed E-state index contributed by atoms with van der Waals surface area (Å²) in [5.74, 6) is 2.21. The molecule has 0 unspecified atom stereocenters. The van der Waals surface area contributed by atoms with E-state index in [2.05, 4.69) is 14.9 Å². The summed E-state index contributed by atoms with van der Waals surface area (Å²) >= 11 is 7.43. The molecule has 0 spiro atoms. The normalized spacial score (nSPS) is 10.8. The van der Waals surface area contributed by atoms with Gasteiger partial charge in [0.2, 0.25) is 5.95 Å². The second kappa shape index (κ2) is 10.6. The van der Waals surface area contributed by atoms with Crippen LogP contribution in [0.15, 0.2) is 66.7 Å². The van der Waals surface area contributed by atoms with E-state index in [1.807, 2.05) is 30.3 Å². The molecule has 4 aromatic rings. The van der Waals surface area contributed by atoms with Crippen molar-refractivity contribution in [2.75, 3.05) is 24.7 Å². The predicted molar refractivity (Wildman–Crippen MR) is 131 cm³/mol. The summed E-state index contributed by atoms with van der Waals surface area (Å²) in [5.41, 5.74) is 2.07. The van der Waals surface area contributed by atoms with Crippen LogP contribution >= 0.6 is 23.5 Å². The van der Waals surface area contributed by atoms with Gasteiger partial charge in [0.25, 0.3) is 0 Å². The third kappa shape index (κ3) is 5.07. The van der Waals surface area contributed by atoms with Crippen molar-refractivity contribution in [3.63, 3.8) is 0 Å². The largest absolute Gasteiger partial charge is 0.494 e. The highest BCUT2D eigenvalue weighted by Crippen LogP contribution is 2.38. The topological polar surface area (TPSA) is 61.2 Å². The number of nitrogens with one attached hydrogen (secondary N) is 1. The molecule has 0 aliphatic carbocycles. The molecule has 4 rings (SSSR count). The fourth-order valence-corrected chi connectivity index (χ4v) is 4.19. The zero-order valence-corrected chi connectivity index (χ0v) is 19.7. The zero-order chi connectivity index (χ0) is 23.2. The Morgan fingerprint density at radius 3 is 2.30 bits per heavy atom. The molecule has 0 saturated carbocycles. The van der Waals surface area contributed by atoms with Crippen molar-refractivity contribution in [1.29, 1.82) is 0 Å². The summed E-state index contributed by atoms with van der Waals surface area (Å²) in [5, 5.41) is 9.31. The van der Waals surface area contributed by atoms with Crippen molar-refractivity contribution in [1.82, 2.24) is 14.8 Å². The van der Waals surface area contributed by atoms with Crippen molar-refractivity contribution < 1.29 is 13.9 Å². The molecule has 0 radical (unpaired) electrons. The second-order valence-corrected chi connectivity index (χ2v) is 8.34.